The molecule has 1 atom stereocenters. The lowest BCUT2D eigenvalue weighted by Gasteiger charge is -2.11. The second-order valence-corrected chi connectivity index (χ2v) is 2.64. The number of carbonyl (C=O) groups excluding carboxylic acids is 1. The van der Waals surface area contributed by atoms with E-state index in [1.165, 1.54) is 6.92 Å². The van der Waals surface area contributed by atoms with Crippen molar-refractivity contribution in [3.63, 3.8) is 0 Å². The van der Waals surface area contributed by atoms with Gasteiger partial charge < -0.3 is 9.84 Å². The molecule has 1 N–H and O–H groups in total. The SMILES string of the molecule is CCCC(CO)COC(C)=O. The molecule has 0 heterocycles. The third-order valence-electron chi connectivity index (χ3n) is 1.48. The van der Waals surface area contributed by atoms with Crippen LogP contribution in [0.4, 0.5) is 0 Å². The predicted octanol–water partition coefficient (Wildman–Crippen LogP) is 0.958. The summed E-state index contributed by atoms with van der Waals surface area (Å²) in [6, 6.07) is 0. The number of ether oxygens (including phenoxy) is 1. The number of hydrogen-bond donors (Lipinski definition) is 1. The highest BCUT2D eigenvalue weighted by Gasteiger charge is 2.07. The van der Waals surface area contributed by atoms with Crippen molar-refractivity contribution in [3.05, 3.63) is 0 Å². The molecular weight excluding hydrogens is 144 g/mol. The second-order valence-electron chi connectivity index (χ2n) is 2.64. The van der Waals surface area contributed by atoms with Crippen molar-refractivity contribution >= 4 is 5.97 Å². The summed E-state index contributed by atoms with van der Waals surface area (Å²) in [5, 5.41) is 8.78. The minimum absolute atomic E-state index is 0.0983. The quantitative estimate of drug-likeness (QED) is 0.609. The molecule has 0 aromatic rings. The Morgan fingerprint density at radius 2 is 2.27 bits per heavy atom. The molecule has 0 spiro atoms. The topological polar surface area (TPSA) is 46.5 Å². The molecule has 3 nitrogen and oxygen atoms in total. The van der Waals surface area contributed by atoms with E-state index in [2.05, 4.69) is 0 Å². The Morgan fingerprint density at radius 1 is 1.64 bits per heavy atom. The van der Waals surface area contributed by atoms with Gasteiger partial charge in [0.1, 0.15) is 0 Å². The van der Waals surface area contributed by atoms with Crippen molar-refractivity contribution in [2.24, 2.45) is 5.92 Å². The van der Waals surface area contributed by atoms with E-state index in [1.54, 1.807) is 0 Å². The van der Waals surface area contributed by atoms with Crippen LogP contribution in [0.5, 0.6) is 0 Å². The highest BCUT2D eigenvalue weighted by Crippen LogP contribution is 2.05. The zero-order valence-corrected chi connectivity index (χ0v) is 7.17. The number of esters is 1. The fraction of sp³-hybridized carbons (Fsp3) is 0.875. The van der Waals surface area contributed by atoms with Gasteiger partial charge in [-0.3, -0.25) is 4.79 Å². The maximum absolute atomic E-state index is 10.4. The van der Waals surface area contributed by atoms with Crippen LogP contribution in [0.1, 0.15) is 26.7 Å². The maximum Gasteiger partial charge on any atom is 0.302 e. The van der Waals surface area contributed by atoms with Crippen LogP contribution in [0.3, 0.4) is 0 Å². The summed E-state index contributed by atoms with van der Waals surface area (Å²) in [6.45, 7) is 3.86. The number of aliphatic hydroxyl groups is 1. The lowest BCUT2D eigenvalue weighted by Crippen LogP contribution is -2.15. The van der Waals surface area contributed by atoms with E-state index < -0.39 is 0 Å². The van der Waals surface area contributed by atoms with Crippen LogP contribution >= 0.6 is 0 Å². The lowest BCUT2D eigenvalue weighted by atomic mass is 10.1. The number of carbonyl (C=O) groups is 1. The van der Waals surface area contributed by atoms with Gasteiger partial charge in [-0.15, -0.1) is 0 Å². The van der Waals surface area contributed by atoms with Gasteiger partial charge in [0.25, 0.3) is 0 Å². The first-order chi connectivity index (χ1) is 5.20. The van der Waals surface area contributed by atoms with Gasteiger partial charge in [-0.05, 0) is 6.42 Å². The van der Waals surface area contributed by atoms with Gasteiger partial charge in [-0.1, -0.05) is 13.3 Å². The zero-order valence-electron chi connectivity index (χ0n) is 7.17. The molecule has 0 saturated carbocycles. The van der Waals surface area contributed by atoms with E-state index in [4.69, 9.17) is 9.84 Å². The molecule has 11 heavy (non-hydrogen) atoms. The lowest BCUT2D eigenvalue weighted by molar-refractivity contribution is -0.142. The van der Waals surface area contributed by atoms with Gasteiger partial charge >= 0.3 is 5.97 Å². The summed E-state index contributed by atoms with van der Waals surface area (Å²) in [6.07, 6.45) is 1.91. The van der Waals surface area contributed by atoms with Gasteiger partial charge in [-0.25, -0.2) is 0 Å². The standard InChI is InChI=1S/C8H16O3/c1-3-4-8(5-9)6-11-7(2)10/h8-9H,3-6H2,1-2H3. The molecule has 0 aromatic heterocycles. The van der Waals surface area contributed by atoms with Crippen LogP contribution in [-0.2, 0) is 9.53 Å². The number of aliphatic hydroxyl groups excluding tert-OH is 1. The first-order valence-corrected chi connectivity index (χ1v) is 3.95. The Morgan fingerprint density at radius 3 is 2.64 bits per heavy atom. The van der Waals surface area contributed by atoms with Crippen LogP contribution in [-0.4, -0.2) is 24.3 Å². The fourth-order valence-electron chi connectivity index (χ4n) is 0.871. The van der Waals surface area contributed by atoms with Crippen molar-refractivity contribution in [3.8, 4) is 0 Å². The Kier molecular flexibility index (Phi) is 5.84. The predicted molar refractivity (Wildman–Crippen MR) is 42.1 cm³/mol. The molecule has 0 rings (SSSR count). The smallest absolute Gasteiger partial charge is 0.302 e. The third-order valence-corrected chi connectivity index (χ3v) is 1.48. The molecule has 3 heteroatoms. The van der Waals surface area contributed by atoms with Crippen molar-refractivity contribution in [1.82, 2.24) is 0 Å². The molecule has 0 fully saturated rings. The van der Waals surface area contributed by atoms with Crippen molar-refractivity contribution in [2.45, 2.75) is 26.7 Å². The first kappa shape index (κ1) is 10.4. The summed E-state index contributed by atoms with van der Waals surface area (Å²) in [4.78, 5) is 10.4. The molecule has 0 saturated heterocycles. The molecule has 0 bridgehead atoms. The van der Waals surface area contributed by atoms with E-state index in [9.17, 15) is 4.79 Å². The summed E-state index contributed by atoms with van der Waals surface area (Å²) in [7, 11) is 0. The molecular formula is C8H16O3. The fourth-order valence-corrected chi connectivity index (χ4v) is 0.871. The van der Waals surface area contributed by atoms with Crippen LogP contribution in [0, 0.1) is 5.92 Å². The monoisotopic (exact) mass is 160 g/mol. The van der Waals surface area contributed by atoms with Crippen LogP contribution in [0.25, 0.3) is 0 Å². The Hall–Kier alpha value is -0.570. The van der Waals surface area contributed by atoms with Gasteiger partial charge in [0.15, 0.2) is 0 Å². The summed E-state index contributed by atoms with van der Waals surface area (Å²) in [5.41, 5.74) is 0. The molecule has 1 unspecified atom stereocenters. The zero-order chi connectivity index (χ0) is 8.69. The van der Waals surface area contributed by atoms with Gasteiger partial charge in [0.2, 0.25) is 0 Å². The Bertz CT molecular complexity index is 112. The van der Waals surface area contributed by atoms with E-state index in [1.807, 2.05) is 6.92 Å². The average Bonchev–Trinajstić information content (AvgIpc) is 1.97. The highest BCUT2D eigenvalue weighted by molar-refractivity contribution is 5.65. The second kappa shape index (κ2) is 6.16. The van der Waals surface area contributed by atoms with Crippen LogP contribution < -0.4 is 0 Å². The first-order valence-electron chi connectivity index (χ1n) is 3.95. The summed E-state index contributed by atoms with van der Waals surface area (Å²) < 4.78 is 4.75. The minimum atomic E-state index is -0.278. The third kappa shape index (κ3) is 5.85. The minimum Gasteiger partial charge on any atom is -0.465 e. The molecule has 0 radical (unpaired) electrons. The Balaban J connectivity index is 3.43. The van der Waals surface area contributed by atoms with Crippen molar-refractivity contribution in [1.29, 1.82) is 0 Å². The molecule has 0 aliphatic carbocycles. The normalized spacial score (nSPS) is 12.6. The molecule has 0 aliphatic rings. The summed E-state index contributed by atoms with van der Waals surface area (Å²) >= 11 is 0. The van der Waals surface area contributed by atoms with Gasteiger partial charge in [0, 0.05) is 19.4 Å². The molecule has 0 aliphatic heterocycles. The number of hydrogen-bond acceptors (Lipinski definition) is 3. The van der Waals surface area contributed by atoms with E-state index in [0.717, 1.165) is 12.8 Å². The largest absolute Gasteiger partial charge is 0.465 e. The molecule has 66 valence electrons. The van der Waals surface area contributed by atoms with Gasteiger partial charge in [0.05, 0.1) is 6.61 Å². The summed E-state index contributed by atoms with van der Waals surface area (Å²) in [5.74, 6) is -0.163. The Labute approximate surface area is 67.4 Å². The highest BCUT2D eigenvalue weighted by atomic mass is 16.5. The maximum atomic E-state index is 10.4. The van der Waals surface area contributed by atoms with E-state index in [0.29, 0.717) is 6.61 Å². The van der Waals surface area contributed by atoms with Crippen LogP contribution in [0.15, 0.2) is 0 Å². The van der Waals surface area contributed by atoms with Crippen molar-refractivity contribution in [2.75, 3.05) is 13.2 Å². The van der Waals surface area contributed by atoms with E-state index in [-0.39, 0.29) is 18.5 Å². The molecule has 0 aromatic carbocycles. The van der Waals surface area contributed by atoms with Gasteiger partial charge in [-0.2, -0.15) is 0 Å². The molecule has 0 amide bonds. The van der Waals surface area contributed by atoms with Crippen molar-refractivity contribution < 1.29 is 14.6 Å². The average molecular weight is 160 g/mol. The number of rotatable bonds is 5. The van der Waals surface area contributed by atoms with E-state index >= 15 is 0 Å². The van der Waals surface area contributed by atoms with Crippen LogP contribution in [0.2, 0.25) is 0 Å².